The van der Waals surface area contributed by atoms with E-state index in [-0.39, 0.29) is 0 Å². The number of ether oxygens (including phenoxy) is 1. The van der Waals surface area contributed by atoms with Crippen LogP contribution in [0.25, 0.3) is 16.1 Å². The van der Waals surface area contributed by atoms with E-state index in [1.807, 2.05) is 13.1 Å². The molecule has 1 aromatic heterocycles. The molecule has 2 aromatic rings. The third-order valence-corrected chi connectivity index (χ3v) is 3.05. The first-order valence-corrected chi connectivity index (χ1v) is 5.70. The molecule has 0 saturated heterocycles. The molecular formula is C12H10BrN3O. The molecule has 4 nitrogen and oxygen atoms in total. The van der Waals surface area contributed by atoms with Crippen LogP contribution in [0.5, 0.6) is 5.75 Å². The zero-order valence-electron chi connectivity index (χ0n) is 9.44. The van der Waals surface area contributed by atoms with Gasteiger partial charge in [-0.2, -0.15) is 5.10 Å². The monoisotopic (exact) mass is 291 g/mol. The lowest BCUT2D eigenvalue weighted by atomic mass is 10.1. The zero-order chi connectivity index (χ0) is 12.4. The largest absolute Gasteiger partial charge is 0.497 e. The molecule has 0 aliphatic heterocycles. The minimum atomic E-state index is 0.579. The lowest BCUT2D eigenvalue weighted by molar-refractivity contribution is 0.415. The topological polar surface area (TPSA) is 31.4 Å². The fourth-order valence-corrected chi connectivity index (χ4v) is 2.20. The van der Waals surface area contributed by atoms with Crippen LogP contribution >= 0.6 is 15.9 Å². The van der Waals surface area contributed by atoms with E-state index in [0.717, 1.165) is 21.5 Å². The van der Waals surface area contributed by atoms with Gasteiger partial charge >= 0.3 is 0 Å². The Morgan fingerprint density at radius 3 is 2.76 bits per heavy atom. The van der Waals surface area contributed by atoms with Gasteiger partial charge in [-0.3, -0.25) is 4.68 Å². The minimum Gasteiger partial charge on any atom is -0.497 e. The molecule has 17 heavy (non-hydrogen) atoms. The van der Waals surface area contributed by atoms with Gasteiger partial charge in [0, 0.05) is 12.6 Å². The van der Waals surface area contributed by atoms with E-state index in [1.54, 1.807) is 30.1 Å². The Hall–Kier alpha value is -1.80. The summed E-state index contributed by atoms with van der Waals surface area (Å²) in [6.07, 6.45) is 1.71. The van der Waals surface area contributed by atoms with Crippen molar-refractivity contribution in [1.82, 2.24) is 9.78 Å². The number of nitrogens with zero attached hydrogens (tertiary/aromatic N) is 3. The zero-order valence-corrected chi connectivity index (χ0v) is 11.0. The van der Waals surface area contributed by atoms with Crippen molar-refractivity contribution < 1.29 is 4.74 Å². The van der Waals surface area contributed by atoms with Gasteiger partial charge in [0.2, 0.25) is 0 Å². The van der Waals surface area contributed by atoms with Crippen molar-refractivity contribution in [2.45, 2.75) is 0 Å². The van der Waals surface area contributed by atoms with Crippen LogP contribution < -0.4 is 4.74 Å². The molecule has 86 valence electrons. The smallest absolute Gasteiger partial charge is 0.196 e. The van der Waals surface area contributed by atoms with Gasteiger partial charge in [0.25, 0.3) is 0 Å². The summed E-state index contributed by atoms with van der Waals surface area (Å²) in [4.78, 5) is 3.52. The summed E-state index contributed by atoms with van der Waals surface area (Å²) in [5.74, 6) is 0.723. The molecule has 1 heterocycles. The Balaban J connectivity index is 2.69. The molecule has 1 aromatic carbocycles. The Morgan fingerprint density at radius 1 is 1.47 bits per heavy atom. The lowest BCUT2D eigenvalue weighted by Gasteiger charge is -2.08. The summed E-state index contributed by atoms with van der Waals surface area (Å²) in [6.45, 7) is 7.19. The van der Waals surface area contributed by atoms with Crippen LogP contribution in [0.3, 0.4) is 0 Å². The summed E-state index contributed by atoms with van der Waals surface area (Å²) >= 11 is 3.44. The van der Waals surface area contributed by atoms with Crippen LogP contribution in [0.4, 0.5) is 5.69 Å². The van der Waals surface area contributed by atoms with E-state index in [1.165, 1.54) is 0 Å². The summed E-state index contributed by atoms with van der Waals surface area (Å²) in [7, 11) is 3.45. The highest BCUT2D eigenvalue weighted by Crippen LogP contribution is 2.37. The van der Waals surface area contributed by atoms with E-state index >= 15 is 0 Å². The molecule has 0 N–H and O–H groups in total. The van der Waals surface area contributed by atoms with E-state index < -0.39 is 0 Å². The molecule has 0 aliphatic rings. The quantitative estimate of drug-likeness (QED) is 0.794. The maximum absolute atomic E-state index is 7.19. The van der Waals surface area contributed by atoms with E-state index in [9.17, 15) is 0 Å². The second-order valence-electron chi connectivity index (χ2n) is 3.46. The van der Waals surface area contributed by atoms with Crippen LogP contribution in [0.15, 0.2) is 28.9 Å². The second kappa shape index (κ2) is 4.60. The average molecular weight is 292 g/mol. The number of aromatic nitrogens is 2. The van der Waals surface area contributed by atoms with Gasteiger partial charge in [0.05, 0.1) is 30.0 Å². The molecule has 0 fully saturated rings. The maximum atomic E-state index is 7.19. The highest BCUT2D eigenvalue weighted by atomic mass is 79.9. The molecule has 0 bridgehead atoms. The summed E-state index contributed by atoms with van der Waals surface area (Å²) in [6, 6.07) is 5.37. The van der Waals surface area contributed by atoms with Gasteiger partial charge in [-0.05, 0) is 28.1 Å². The van der Waals surface area contributed by atoms with Crippen LogP contribution in [0, 0.1) is 6.57 Å². The molecule has 0 unspecified atom stereocenters. The molecule has 0 spiro atoms. The predicted molar refractivity (Wildman–Crippen MR) is 69.2 cm³/mol. The number of methoxy groups -OCH3 is 1. The molecule has 5 heteroatoms. The first-order chi connectivity index (χ1) is 8.17. The lowest BCUT2D eigenvalue weighted by Crippen LogP contribution is -1.94. The minimum absolute atomic E-state index is 0.579. The SMILES string of the molecule is [C-]#[N+]c1ccc(OC)cc1-c1c(Br)cnn1C. The van der Waals surface area contributed by atoms with Crippen molar-refractivity contribution in [2.24, 2.45) is 7.05 Å². The first-order valence-electron chi connectivity index (χ1n) is 4.90. The van der Waals surface area contributed by atoms with Crippen LogP contribution in [0.2, 0.25) is 0 Å². The Morgan fingerprint density at radius 2 is 2.24 bits per heavy atom. The highest BCUT2D eigenvalue weighted by molar-refractivity contribution is 9.10. The number of halogens is 1. The first kappa shape index (κ1) is 11.7. The van der Waals surface area contributed by atoms with Crippen molar-refractivity contribution in [3.05, 3.63) is 40.3 Å². The van der Waals surface area contributed by atoms with Gasteiger partial charge in [0.1, 0.15) is 5.75 Å². The number of benzene rings is 1. The molecular weight excluding hydrogens is 282 g/mol. The molecule has 0 aliphatic carbocycles. The van der Waals surface area contributed by atoms with E-state index in [0.29, 0.717) is 5.69 Å². The maximum Gasteiger partial charge on any atom is 0.196 e. The molecule has 0 amide bonds. The number of hydrogen-bond acceptors (Lipinski definition) is 2. The number of aryl methyl sites for hydroxylation is 1. The highest BCUT2D eigenvalue weighted by Gasteiger charge is 2.14. The van der Waals surface area contributed by atoms with Crippen molar-refractivity contribution in [3.8, 4) is 17.0 Å². The fourth-order valence-electron chi connectivity index (χ4n) is 1.64. The predicted octanol–water partition coefficient (Wildman–Crippen LogP) is 3.41. The Bertz CT molecular complexity index is 579. The van der Waals surface area contributed by atoms with Gasteiger partial charge in [0.15, 0.2) is 5.69 Å². The standard InChI is InChI=1S/C12H10BrN3O/c1-14-11-5-4-8(17-3)6-9(11)12-10(13)7-15-16(12)2/h4-7H,2-3H3. The normalized spacial score (nSPS) is 10.0. The summed E-state index contributed by atoms with van der Waals surface area (Å²) in [5, 5.41) is 4.15. The molecule has 2 rings (SSSR count). The van der Waals surface area contributed by atoms with Gasteiger partial charge < -0.3 is 4.74 Å². The van der Waals surface area contributed by atoms with Crippen molar-refractivity contribution in [3.63, 3.8) is 0 Å². The average Bonchev–Trinajstić information content (AvgIpc) is 2.68. The van der Waals surface area contributed by atoms with Crippen molar-refractivity contribution in [1.29, 1.82) is 0 Å². The van der Waals surface area contributed by atoms with Crippen LogP contribution in [0.1, 0.15) is 0 Å². The molecule has 0 radical (unpaired) electrons. The van der Waals surface area contributed by atoms with Crippen LogP contribution in [-0.2, 0) is 7.05 Å². The fraction of sp³-hybridized carbons (Fsp3) is 0.167. The second-order valence-corrected chi connectivity index (χ2v) is 4.31. The van der Waals surface area contributed by atoms with Crippen molar-refractivity contribution >= 4 is 21.6 Å². The van der Waals surface area contributed by atoms with Gasteiger partial charge in [-0.15, -0.1) is 0 Å². The van der Waals surface area contributed by atoms with E-state index in [4.69, 9.17) is 11.3 Å². The van der Waals surface area contributed by atoms with Crippen molar-refractivity contribution in [2.75, 3.05) is 7.11 Å². The molecule has 0 saturated carbocycles. The Labute approximate surface area is 108 Å². The van der Waals surface area contributed by atoms with Gasteiger partial charge in [-0.1, -0.05) is 6.07 Å². The third kappa shape index (κ3) is 2.04. The Kier molecular flexibility index (Phi) is 3.16. The van der Waals surface area contributed by atoms with Crippen LogP contribution in [-0.4, -0.2) is 16.9 Å². The number of hydrogen-bond donors (Lipinski definition) is 0. The third-order valence-electron chi connectivity index (χ3n) is 2.47. The van der Waals surface area contributed by atoms with Gasteiger partial charge in [-0.25, -0.2) is 4.85 Å². The summed E-state index contributed by atoms with van der Waals surface area (Å²) < 4.78 is 7.77. The number of rotatable bonds is 2. The summed E-state index contributed by atoms with van der Waals surface area (Å²) in [5.41, 5.74) is 2.26. The molecule has 0 atom stereocenters. The van der Waals surface area contributed by atoms with E-state index in [2.05, 4.69) is 25.9 Å².